The molecule has 5 fully saturated rings. The van der Waals surface area contributed by atoms with Crippen LogP contribution in [0.4, 0.5) is 0 Å². The zero-order valence-corrected chi connectivity index (χ0v) is 14.5. The first-order valence-electron chi connectivity index (χ1n) is 9.80. The van der Waals surface area contributed by atoms with E-state index in [-0.39, 0.29) is 0 Å². The van der Waals surface area contributed by atoms with Gasteiger partial charge in [-0.1, -0.05) is 12.8 Å². The summed E-state index contributed by atoms with van der Waals surface area (Å²) in [7, 11) is 0. The van der Waals surface area contributed by atoms with Crippen molar-refractivity contribution in [2.75, 3.05) is 6.61 Å². The van der Waals surface area contributed by atoms with E-state index in [9.17, 15) is 10.2 Å². The minimum atomic E-state index is -2.14. The average Bonchev–Trinajstić information content (AvgIpc) is 3.22. The highest BCUT2D eigenvalue weighted by Crippen LogP contribution is 2.50. The summed E-state index contributed by atoms with van der Waals surface area (Å²) in [4.78, 5) is 0. The first-order valence-corrected chi connectivity index (χ1v) is 9.80. The summed E-state index contributed by atoms with van der Waals surface area (Å²) in [5.41, 5.74) is 0. The zero-order valence-electron chi connectivity index (χ0n) is 14.5. The van der Waals surface area contributed by atoms with Crippen LogP contribution in [-0.2, 0) is 23.7 Å². The van der Waals surface area contributed by atoms with Crippen LogP contribution >= 0.6 is 0 Å². The molecule has 0 aromatic heterocycles. The molecule has 0 unspecified atom stereocenters. The molecule has 3 saturated heterocycles. The molecule has 7 nitrogen and oxygen atoms in total. The van der Waals surface area contributed by atoms with E-state index in [1.54, 1.807) is 0 Å². The zero-order chi connectivity index (χ0) is 17.1. The van der Waals surface area contributed by atoms with Gasteiger partial charge in [-0.2, -0.15) is 0 Å². The van der Waals surface area contributed by atoms with E-state index < -0.39 is 42.0 Å². The van der Waals surface area contributed by atoms with Crippen LogP contribution in [0.15, 0.2) is 0 Å². The second kappa shape index (κ2) is 5.86. The van der Waals surface area contributed by atoms with Crippen LogP contribution in [0.1, 0.15) is 64.2 Å². The van der Waals surface area contributed by atoms with Crippen molar-refractivity contribution in [3.8, 4) is 0 Å². The molecule has 5 rings (SSSR count). The molecule has 0 amide bonds. The summed E-state index contributed by atoms with van der Waals surface area (Å²) in [6, 6.07) is 0. The normalized spacial score (nSPS) is 44.4. The molecular weight excluding hydrogens is 328 g/mol. The van der Waals surface area contributed by atoms with Gasteiger partial charge >= 0.3 is 0 Å². The van der Waals surface area contributed by atoms with Crippen LogP contribution in [0.2, 0.25) is 0 Å². The van der Waals surface area contributed by atoms with Gasteiger partial charge in [0.05, 0.1) is 6.61 Å². The predicted molar refractivity (Wildman–Crippen MR) is 84.2 cm³/mol. The maximum absolute atomic E-state index is 10.8. The number of aliphatic hydroxyl groups is 2. The SMILES string of the molecule is OC1(O)[C@@H]2OC3(CCCCC3)O[C@@H]2O[C@H]1[C@@H]1COC2(CCCCC2)O1. The standard InChI is InChI=1S/C18H28O7/c19-18(20)13(12-11-21-16(23-12)7-3-1-4-8-16)22-15-14(18)24-17(25-15)9-5-2-6-10-17/h12-15,19-20H,1-11H2/t12-,13-,14+,15-/m0/s1. The van der Waals surface area contributed by atoms with Crippen molar-refractivity contribution in [1.29, 1.82) is 0 Å². The Morgan fingerprint density at radius 3 is 1.96 bits per heavy atom. The maximum Gasteiger partial charge on any atom is 0.225 e. The fraction of sp³-hybridized carbons (Fsp3) is 1.00. The highest BCUT2D eigenvalue weighted by atomic mass is 16.9. The highest BCUT2D eigenvalue weighted by molar-refractivity contribution is 5.04. The molecule has 0 aromatic rings. The van der Waals surface area contributed by atoms with E-state index in [2.05, 4.69) is 0 Å². The number of ether oxygens (including phenoxy) is 5. The molecule has 3 aliphatic heterocycles. The Hall–Kier alpha value is -0.280. The van der Waals surface area contributed by atoms with E-state index in [1.807, 2.05) is 0 Å². The van der Waals surface area contributed by atoms with E-state index in [0.29, 0.717) is 6.61 Å². The van der Waals surface area contributed by atoms with Crippen molar-refractivity contribution in [1.82, 2.24) is 0 Å². The summed E-state index contributed by atoms with van der Waals surface area (Å²) in [5, 5.41) is 21.6. The van der Waals surface area contributed by atoms with Crippen LogP contribution in [0, 0.1) is 0 Å². The maximum atomic E-state index is 10.8. The van der Waals surface area contributed by atoms with Crippen LogP contribution in [0.3, 0.4) is 0 Å². The van der Waals surface area contributed by atoms with Crippen LogP contribution in [0.25, 0.3) is 0 Å². The van der Waals surface area contributed by atoms with E-state index in [4.69, 9.17) is 23.7 Å². The van der Waals surface area contributed by atoms with Gasteiger partial charge in [-0.15, -0.1) is 0 Å². The molecule has 142 valence electrons. The third-order valence-electron chi connectivity index (χ3n) is 6.48. The van der Waals surface area contributed by atoms with Crippen LogP contribution in [0.5, 0.6) is 0 Å². The molecular formula is C18H28O7. The third-order valence-corrected chi connectivity index (χ3v) is 6.48. The number of hydrogen-bond acceptors (Lipinski definition) is 7. The Balaban J connectivity index is 1.29. The van der Waals surface area contributed by atoms with E-state index >= 15 is 0 Å². The van der Waals surface area contributed by atoms with Gasteiger partial charge in [0.25, 0.3) is 0 Å². The molecule has 2 aliphatic carbocycles. The second-order valence-corrected chi connectivity index (χ2v) is 8.27. The lowest BCUT2D eigenvalue weighted by atomic mass is 9.94. The van der Waals surface area contributed by atoms with Gasteiger partial charge in [-0.25, -0.2) is 0 Å². The fourth-order valence-electron chi connectivity index (χ4n) is 5.15. The molecule has 2 N–H and O–H groups in total. The Morgan fingerprint density at radius 1 is 0.680 bits per heavy atom. The molecule has 0 radical (unpaired) electrons. The number of hydrogen-bond donors (Lipinski definition) is 2. The smallest absolute Gasteiger partial charge is 0.225 e. The number of fused-ring (bicyclic) bond motifs is 1. The van der Waals surface area contributed by atoms with Crippen molar-refractivity contribution < 1.29 is 33.9 Å². The molecule has 0 aromatic carbocycles. The van der Waals surface area contributed by atoms with Crippen LogP contribution < -0.4 is 0 Å². The lowest BCUT2D eigenvalue weighted by molar-refractivity contribution is -0.311. The first-order chi connectivity index (χ1) is 12.0. The van der Waals surface area contributed by atoms with E-state index in [1.165, 1.54) is 6.42 Å². The van der Waals surface area contributed by atoms with Crippen molar-refractivity contribution in [3.63, 3.8) is 0 Å². The highest BCUT2D eigenvalue weighted by Gasteiger charge is 2.67. The molecule has 3 heterocycles. The Labute approximate surface area is 147 Å². The summed E-state index contributed by atoms with van der Waals surface area (Å²) in [5.74, 6) is -3.43. The Kier molecular flexibility index (Phi) is 3.95. The molecule has 7 heteroatoms. The average molecular weight is 356 g/mol. The van der Waals surface area contributed by atoms with Crippen LogP contribution in [-0.4, -0.2) is 58.8 Å². The van der Waals surface area contributed by atoms with Gasteiger partial charge in [-0.05, 0) is 25.7 Å². The quantitative estimate of drug-likeness (QED) is 0.689. The van der Waals surface area contributed by atoms with Crippen molar-refractivity contribution in [2.45, 2.75) is 106 Å². The molecule has 25 heavy (non-hydrogen) atoms. The largest absolute Gasteiger partial charge is 0.361 e. The number of rotatable bonds is 1. The first kappa shape index (κ1) is 16.9. The molecule has 2 saturated carbocycles. The van der Waals surface area contributed by atoms with Crippen molar-refractivity contribution in [3.05, 3.63) is 0 Å². The summed E-state index contributed by atoms with van der Waals surface area (Å²) in [6.45, 7) is 0.304. The van der Waals surface area contributed by atoms with Gasteiger partial charge in [0.2, 0.25) is 5.79 Å². The predicted octanol–water partition coefficient (Wildman–Crippen LogP) is 1.54. The van der Waals surface area contributed by atoms with Gasteiger partial charge in [0.15, 0.2) is 24.0 Å². The molecule has 5 aliphatic rings. The summed E-state index contributed by atoms with van der Waals surface area (Å²) in [6.07, 6.45) is 6.68. The minimum absolute atomic E-state index is 0.304. The Bertz CT molecular complexity index is 510. The molecule has 0 bridgehead atoms. The second-order valence-electron chi connectivity index (χ2n) is 8.27. The van der Waals surface area contributed by atoms with Gasteiger partial charge < -0.3 is 33.9 Å². The summed E-state index contributed by atoms with van der Waals surface area (Å²) < 4.78 is 30.0. The van der Waals surface area contributed by atoms with Gasteiger partial charge in [0.1, 0.15) is 12.2 Å². The van der Waals surface area contributed by atoms with Gasteiger partial charge in [0, 0.05) is 25.7 Å². The minimum Gasteiger partial charge on any atom is -0.361 e. The van der Waals surface area contributed by atoms with Crippen molar-refractivity contribution >= 4 is 0 Å². The van der Waals surface area contributed by atoms with Crippen molar-refractivity contribution in [2.24, 2.45) is 0 Å². The fourth-order valence-corrected chi connectivity index (χ4v) is 5.15. The lowest BCUT2D eigenvalue weighted by Gasteiger charge is -2.37. The topological polar surface area (TPSA) is 86.6 Å². The van der Waals surface area contributed by atoms with E-state index in [0.717, 1.165) is 57.8 Å². The van der Waals surface area contributed by atoms with Gasteiger partial charge in [-0.3, -0.25) is 0 Å². The third kappa shape index (κ3) is 2.67. The lowest BCUT2D eigenvalue weighted by Crippen LogP contribution is -2.54. The Morgan fingerprint density at radius 2 is 1.32 bits per heavy atom. The molecule has 4 atom stereocenters. The monoisotopic (exact) mass is 356 g/mol. The summed E-state index contributed by atoms with van der Waals surface area (Å²) >= 11 is 0. The molecule has 2 spiro atoms.